The average Bonchev–Trinajstić information content (AvgIpc) is 2.98. The quantitative estimate of drug-likeness (QED) is 0.755. The molecule has 0 saturated heterocycles. The molecular formula is C23H23NO3. The lowest BCUT2D eigenvalue weighted by Gasteiger charge is -2.30. The predicted octanol–water partition coefficient (Wildman–Crippen LogP) is 4.04. The zero-order valence-electron chi connectivity index (χ0n) is 15.3. The van der Waals surface area contributed by atoms with Crippen molar-refractivity contribution in [3.8, 4) is 0 Å². The van der Waals surface area contributed by atoms with Crippen LogP contribution in [0.1, 0.15) is 58.4 Å². The van der Waals surface area contributed by atoms with Crippen molar-refractivity contribution in [3.05, 3.63) is 71.3 Å². The first-order valence-corrected chi connectivity index (χ1v) is 9.71. The molecule has 0 unspecified atom stereocenters. The maximum atomic E-state index is 13.4. The molecule has 1 aliphatic heterocycles. The van der Waals surface area contributed by atoms with E-state index >= 15 is 0 Å². The summed E-state index contributed by atoms with van der Waals surface area (Å²) >= 11 is 0. The predicted molar refractivity (Wildman–Crippen MR) is 102 cm³/mol. The van der Waals surface area contributed by atoms with Crippen LogP contribution in [0, 0.1) is 5.92 Å². The largest absolute Gasteiger partial charge is 0.297 e. The van der Waals surface area contributed by atoms with E-state index in [0.29, 0.717) is 17.5 Å². The van der Waals surface area contributed by atoms with Crippen molar-refractivity contribution in [1.82, 2.24) is 4.90 Å². The van der Waals surface area contributed by atoms with Gasteiger partial charge in [0.25, 0.3) is 11.8 Å². The van der Waals surface area contributed by atoms with E-state index in [1.807, 2.05) is 30.3 Å². The van der Waals surface area contributed by atoms with Gasteiger partial charge in [0.15, 0.2) is 5.78 Å². The van der Waals surface area contributed by atoms with Crippen LogP contribution < -0.4 is 0 Å². The van der Waals surface area contributed by atoms with Crippen molar-refractivity contribution in [1.29, 1.82) is 0 Å². The SMILES string of the molecule is O=C(C1CCCCC1)[C@H](Cc1ccccc1)N1C(=O)c2ccccc2C1=O. The highest BCUT2D eigenvalue weighted by Gasteiger charge is 2.44. The summed E-state index contributed by atoms with van der Waals surface area (Å²) in [6.45, 7) is 0. The fourth-order valence-corrected chi connectivity index (χ4v) is 4.31. The van der Waals surface area contributed by atoms with Crippen LogP contribution in [0.15, 0.2) is 54.6 Å². The maximum absolute atomic E-state index is 13.4. The number of benzene rings is 2. The van der Waals surface area contributed by atoms with Crippen LogP contribution in [0.2, 0.25) is 0 Å². The molecule has 1 heterocycles. The van der Waals surface area contributed by atoms with Crippen LogP contribution >= 0.6 is 0 Å². The molecule has 1 saturated carbocycles. The molecule has 4 rings (SSSR count). The Labute approximate surface area is 159 Å². The van der Waals surface area contributed by atoms with Crippen LogP contribution in [0.3, 0.4) is 0 Å². The van der Waals surface area contributed by atoms with Crippen molar-refractivity contribution in [2.75, 3.05) is 0 Å². The van der Waals surface area contributed by atoms with Crippen LogP contribution in [0.25, 0.3) is 0 Å². The Morgan fingerprint density at radius 3 is 2.00 bits per heavy atom. The Hall–Kier alpha value is -2.75. The lowest BCUT2D eigenvalue weighted by atomic mass is 9.82. The van der Waals surface area contributed by atoms with E-state index < -0.39 is 6.04 Å². The monoisotopic (exact) mass is 361 g/mol. The van der Waals surface area contributed by atoms with Gasteiger partial charge in [-0.3, -0.25) is 19.3 Å². The fraction of sp³-hybridized carbons (Fsp3) is 0.348. The molecule has 0 radical (unpaired) electrons. The molecule has 27 heavy (non-hydrogen) atoms. The molecule has 0 N–H and O–H groups in total. The van der Waals surface area contributed by atoms with Crippen molar-refractivity contribution in [3.63, 3.8) is 0 Å². The number of carbonyl (C=O) groups is 3. The van der Waals surface area contributed by atoms with Crippen LogP contribution in [-0.4, -0.2) is 28.5 Å². The molecule has 1 fully saturated rings. The molecule has 1 atom stereocenters. The zero-order valence-corrected chi connectivity index (χ0v) is 15.3. The lowest BCUT2D eigenvalue weighted by molar-refractivity contribution is -0.127. The minimum atomic E-state index is -0.733. The van der Waals surface area contributed by atoms with E-state index in [-0.39, 0.29) is 23.5 Å². The van der Waals surface area contributed by atoms with Gasteiger partial charge in [-0.2, -0.15) is 0 Å². The summed E-state index contributed by atoms with van der Waals surface area (Å²) in [7, 11) is 0. The number of imide groups is 1. The van der Waals surface area contributed by atoms with Crippen LogP contribution in [-0.2, 0) is 11.2 Å². The third-order valence-corrected chi connectivity index (χ3v) is 5.74. The van der Waals surface area contributed by atoms with E-state index in [9.17, 15) is 14.4 Å². The van der Waals surface area contributed by atoms with Crippen LogP contribution in [0.4, 0.5) is 0 Å². The van der Waals surface area contributed by atoms with Crippen molar-refractivity contribution < 1.29 is 14.4 Å². The lowest BCUT2D eigenvalue weighted by Crippen LogP contribution is -2.48. The first-order valence-electron chi connectivity index (χ1n) is 9.71. The first-order chi connectivity index (χ1) is 13.2. The molecule has 2 amide bonds. The standard InChI is InChI=1S/C23H23NO3/c25-21(17-11-5-2-6-12-17)20(15-16-9-3-1-4-10-16)24-22(26)18-13-7-8-14-19(18)23(24)27/h1,3-4,7-10,13-14,17,20H,2,5-6,11-12,15H2/t20-/m0/s1. The van der Waals surface area contributed by atoms with Gasteiger partial charge in [0.2, 0.25) is 0 Å². The number of amides is 2. The highest BCUT2D eigenvalue weighted by molar-refractivity contribution is 6.23. The molecule has 2 aromatic carbocycles. The number of Topliss-reactive ketones (excluding diaryl/α,β-unsaturated/α-hetero) is 1. The molecule has 0 bridgehead atoms. The van der Waals surface area contributed by atoms with Gasteiger partial charge in [0.05, 0.1) is 11.1 Å². The second-order valence-corrected chi connectivity index (χ2v) is 7.47. The number of hydrogen-bond acceptors (Lipinski definition) is 3. The van der Waals surface area contributed by atoms with Gasteiger partial charge in [0.1, 0.15) is 6.04 Å². The molecule has 4 nitrogen and oxygen atoms in total. The van der Waals surface area contributed by atoms with E-state index in [4.69, 9.17) is 0 Å². The smallest absolute Gasteiger partial charge is 0.262 e. The number of fused-ring (bicyclic) bond motifs is 1. The molecular weight excluding hydrogens is 338 g/mol. The van der Waals surface area contributed by atoms with E-state index in [1.165, 1.54) is 4.90 Å². The third kappa shape index (κ3) is 3.32. The zero-order chi connectivity index (χ0) is 18.8. The normalized spacial score (nSPS) is 18.4. The number of carbonyl (C=O) groups excluding carboxylic acids is 3. The summed E-state index contributed by atoms with van der Waals surface area (Å²) in [4.78, 5) is 40.6. The molecule has 0 aromatic heterocycles. The van der Waals surface area contributed by atoms with Gasteiger partial charge in [-0.05, 0) is 30.5 Å². The topological polar surface area (TPSA) is 54.5 Å². The Balaban J connectivity index is 1.68. The van der Waals surface area contributed by atoms with Gasteiger partial charge in [0, 0.05) is 12.3 Å². The van der Waals surface area contributed by atoms with Gasteiger partial charge in [-0.1, -0.05) is 61.7 Å². The highest BCUT2D eigenvalue weighted by atomic mass is 16.2. The van der Waals surface area contributed by atoms with Crippen molar-refractivity contribution in [2.45, 2.75) is 44.6 Å². The van der Waals surface area contributed by atoms with Gasteiger partial charge in [-0.15, -0.1) is 0 Å². The molecule has 0 spiro atoms. The first kappa shape index (κ1) is 17.7. The number of ketones is 1. The minimum Gasteiger partial charge on any atom is -0.297 e. The highest BCUT2D eigenvalue weighted by Crippen LogP contribution is 2.31. The van der Waals surface area contributed by atoms with Crippen LogP contribution in [0.5, 0.6) is 0 Å². The number of rotatable bonds is 5. The van der Waals surface area contributed by atoms with Gasteiger partial charge < -0.3 is 0 Å². The average molecular weight is 361 g/mol. The fourth-order valence-electron chi connectivity index (χ4n) is 4.31. The summed E-state index contributed by atoms with van der Waals surface area (Å²) in [5, 5.41) is 0. The third-order valence-electron chi connectivity index (χ3n) is 5.74. The summed E-state index contributed by atoms with van der Waals surface area (Å²) in [6, 6.07) is 15.7. The summed E-state index contributed by atoms with van der Waals surface area (Å²) in [5.74, 6) is -0.716. The Morgan fingerprint density at radius 2 is 1.41 bits per heavy atom. The summed E-state index contributed by atoms with van der Waals surface area (Å²) in [6.07, 6.45) is 5.32. The second-order valence-electron chi connectivity index (χ2n) is 7.47. The summed E-state index contributed by atoms with van der Waals surface area (Å²) < 4.78 is 0. The second kappa shape index (κ2) is 7.47. The Kier molecular flexibility index (Phi) is 4.88. The number of hydrogen-bond donors (Lipinski definition) is 0. The van der Waals surface area contributed by atoms with E-state index in [0.717, 1.165) is 37.7 Å². The Morgan fingerprint density at radius 1 is 0.852 bits per heavy atom. The van der Waals surface area contributed by atoms with E-state index in [2.05, 4.69) is 0 Å². The molecule has 1 aliphatic carbocycles. The van der Waals surface area contributed by atoms with E-state index in [1.54, 1.807) is 24.3 Å². The molecule has 4 heteroatoms. The van der Waals surface area contributed by atoms with Gasteiger partial charge >= 0.3 is 0 Å². The molecule has 2 aliphatic rings. The summed E-state index contributed by atoms with van der Waals surface area (Å²) in [5.41, 5.74) is 1.76. The Bertz CT molecular complexity index is 833. The number of nitrogens with zero attached hydrogens (tertiary/aromatic N) is 1. The maximum Gasteiger partial charge on any atom is 0.262 e. The minimum absolute atomic E-state index is 0.0352. The molecule has 138 valence electrons. The van der Waals surface area contributed by atoms with Gasteiger partial charge in [-0.25, -0.2) is 0 Å². The van der Waals surface area contributed by atoms with Crippen molar-refractivity contribution >= 4 is 17.6 Å². The van der Waals surface area contributed by atoms with Crippen molar-refractivity contribution in [2.24, 2.45) is 5.92 Å². The molecule has 2 aromatic rings.